The van der Waals surface area contributed by atoms with E-state index in [0.29, 0.717) is 30.9 Å². The number of allylic oxidation sites excluding steroid dienone is 4. The molecule has 1 heterocycles. The third-order valence-corrected chi connectivity index (χ3v) is 9.19. The molecule has 0 fully saturated rings. The number of hydrogen-bond donors (Lipinski definition) is 0. The van der Waals surface area contributed by atoms with E-state index in [1.165, 1.54) is 5.56 Å². The SMILES string of the molecule is COc1cc(C2C3=C(CCCC3=O)N(CCc3ccccc3)C3=C2C(=O)CCC3)ccc1OCc1ccccc1Br. The van der Waals surface area contributed by atoms with Crippen molar-refractivity contribution in [1.82, 2.24) is 4.90 Å². The predicted octanol–water partition coefficient (Wildman–Crippen LogP) is 7.69. The summed E-state index contributed by atoms with van der Waals surface area (Å²) in [5.74, 6) is 1.15. The Bertz CT molecular complexity index is 1500. The molecule has 6 rings (SSSR count). The zero-order valence-electron chi connectivity index (χ0n) is 23.3. The maximum absolute atomic E-state index is 13.6. The van der Waals surface area contributed by atoms with Crippen molar-refractivity contribution in [2.75, 3.05) is 13.7 Å². The zero-order valence-corrected chi connectivity index (χ0v) is 24.9. The van der Waals surface area contributed by atoms with Gasteiger partial charge >= 0.3 is 0 Å². The first kappa shape index (κ1) is 27.5. The topological polar surface area (TPSA) is 55.8 Å². The molecule has 0 saturated heterocycles. The number of carbonyl (C=O) groups excluding carboxylic acids is 2. The number of ether oxygens (including phenoxy) is 2. The monoisotopic (exact) mass is 611 g/mol. The van der Waals surface area contributed by atoms with Crippen LogP contribution in [0.15, 0.2) is 99.8 Å². The van der Waals surface area contributed by atoms with Crippen LogP contribution in [0.1, 0.15) is 61.1 Å². The lowest BCUT2D eigenvalue weighted by atomic mass is 9.71. The Balaban J connectivity index is 1.38. The Morgan fingerprint density at radius 2 is 1.46 bits per heavy atom. The lowest BCUT2D eigenvalue weighted by molar-refractivity contribution is -0.117. The van der Waals surface area contributed by atoms with Crippen LogP contribution in [0, 0.1) is 0 Å². The summed E-state index contributed by atoms with van der Waals surface area (Å²) in [6.45, 7) is 1.15. The third-order valence-electron chi connectivity index (χ3n) is 8.42. The van der Waals surface area contributed by atoms with Gasteiger partial charge in [-0.25, -0.2) is 0 Å². The quantitative estimate of drug-likeness (QED) is 0.261. The minimum absolute atomic E-state index is 0.152. The van der Waals surface area contributed by atoms with Crippen molar-refractivity contribution in [3.63, 3.8) is 0 Å². The van der Waals surface area contributed by atoms with E-state index in [0.717, 1.165) is 76.8 Å². The first-order valence-electron chi connectivity index (χ1n) is 14.4. The highest BCUT2D eigenvalue weighted by atomic mass is 79.9. The van der Waals surface area contributed by atoms with Crippen LogP contribution in [0.4, 0.5) is 0 Å². The summed E-state index contributed by atoms with van der Waals surface area (Å²) in [6, 6.07) is 24.3. The summed E-state index contributed by atoms with van der Waals surface area (Å²) in [6.07, 6.45) is 5.27. The highest BCUT2D eigenvalue weighted by molar-refractivity contribution is 9.10. The zero-order chi connectivity index (χ0) is 28.3. The van der Waals surface area contributed by atoms with Gasteiger partial charge in [0.25, 0.3) is 0 Å². The number of carbonyl (C=O) groups is 2. The average Bonchev–Trinajstić information content (AvgIpc) is 3.00. The van der Waals surface area contributed by atoms with Gasteiger partial charge in [-0.2, -0.15) is 0 Å². The second-order valence-electron chi connectivity index (χ2n) is 10.9. The average molecular weight is 613 g/mol. The number of nitrogens with zero attached hydrogens (tertiary/aromatic N) is 1. The van der Waals surface area contributed by atoms with Crippen molar-refractivity contribution in [2.24, 2.45) is 0 Å². The molecule has 1 aliphatic heterocycles. The summed E-state index contributed by atoms with van der Waals surface area (Å²) < 4.78 is 12.9. The molecule has 3 aromatic carbocycles. The van der Waals surface area contributed by atoms with Crippen LogP contribution in [-0.4, -0.2) is 30.1 Å². The van der Waals surface area contributed by atoms with Crippen LogP contribution in [0.2, 0.25) is 0 Å². The van der Waals surface area contributed by atoms with Gasteiger partial charge in [0.05, 0.1) is 7.11 Å². The molecule has 0 atom stereocenters. The van der Waals surface area contributed by atoms with Crippen LogP contribution in [0.25, 0.3) is 0 Å². The van der Waals surface area contributed by atoms with E-state index in [1.807, 2.05) is 48.5 Å². The molecule has 0 spiro atoms. The van der Waals surface area contributed by atoms with Gasteiger partial charge in [-0.15, -0.1) is 0 Å². The molecule has 3 aromatic rings. The molecule has 5 nitrogen and oxygen atoms in total. The van der Waals surface area contributed by atoms with Crippen molar-refractivity contribution < 1.29 is 19.1 Å². The van der Waals surface area contributed by atoms with E-state index in [9.17, 15) is 9.59 Å². The summed E-state index contributed by atoms with van der Waals surface area (Å²) in [7, 11) is 1.63. The van der Waals surface area contributed by atoms with Gasteiger partial charge in [0.15, 0.2) is 23.1 Å². The van der Waals surface area contributed by atoms with Crippen LogP contribution in [0.3, 0.4) is 0 Å². The fourth-order valence-electron chi connectivity index (χ4n) is 6.46. The Labute approximate surface area is 250 Å². The maximum Gasteiger partial charge on any atom is 0.161 e. The first-order chi connectivity index (χ1) is 20.0. The van der Waals surface area contributed by atoms with Gasteiger partial charge in [0, 0.05) is 57.9 Å². The minimum atomic E-state index is -0.375. The van der Waals surface area contributed by atoms with Crippen molar-refractivity contribution in [3.05, 3.63) is 116 Å². The van der Waals surface area contributed by atoms with E-state index in [2.05, 4.69) is 45.1 Å². The highest BCUT2D eigenvalue weighted by Gasteiger charge is 2.43. The van der Waals surface area contributed by atoms with Crippen LogP contribution < -0.4 is 9.47 Å². The first-order valence-corrected chi connectivity index (χ1v) is 15.2. The van der Waals surface area contributed by atoms with Gasteiger partial charge in [0.2, 0.25) is 0 Å². The number of methoxy groups -OCH3 is 1. The van der Waals surface area contributed by atoms with Crippen molar-refractivity contribution in [3.8, 4) is 11.5 Å². The van der Waals surface area contributed by atoms with E-state index < -0.39 is 0 Å². The third kappa shape index (κ3) is 5.50. The number of Topliss-reactive ketones (excluding diaryl/α,β-unsaturated/α-hetero) is 2. The molecule has 0 N–H and O–H groups in total. The molecule has 0 saturated carbocycles. The number of benzene rings is 3. The van der Waals surface area contributed by atoms with Gasteiger partial charge in [-0.05, 0) is 61.4 Å². The summed E-state index contributed by atoms with van der Waals surface area (Å²) in [4.78, 5) is 29.6. The Hall–Kier alpha value is -3.64. The maximum atomic E-state index is 13.6. The second kappa shape index (κ2) is 12.1. The molecule has 210 valence electrons. The van der Waals surface area contributed by atoms with E-state index in [4.69, 9.17) is 9.47 Å². The molecule has 0 radical (unpaired) electrons. The predicted molar refractivity (Wildman–Crippen MR) is 163 cm³/mol. The van der Waals surface area contributed by atoms with Crippen LogP contribution >= 0.6 is 15.9 Å². The van der Waals surface area contributed by atoms with Gasteiger partial charge in [-0.1, -0.05) is 70.5 Å². The Morgan fingerprint density at radius 1 is 0.805 bits per heavy atom. The minimum Gasteiger partial charge on any atom is -0.493 e. The molecule has 6 heteroatoms. The van der Waals surface area contributed by atoms with Gasteiger partial charge in [-0.3, -0.25) is 9.59 Å². The normalized spacial score (nSPS) is 17.5. The standard InChI is InChI=1S/C35H34BrNO4/c1-40-32-21-24(17-18-31(32)41-22-25-11-5-6-12-26(25)36)33-34-27(13-7-15-29(34)38)37(20-19-23-9-3-2-4-10-23)28-14-8-16-30(39)35(28)33/h2-6,9-12,17-18,21,33H,7-8,13-16,19-20,22H2,1H3. The van der Waals surface area contributed by atoms with Crippen molar-refractivity contribution in [1.29, 1.82) is 0 Å². The largest absolute Gasteiger partial charge is 0.493 e. The molecule has 41 heavy (non-hydrogen) atoms. The fraction of sp³-hybridized carbons (Fsp3) is 0.314. The Morgan fingerprint density at radius 3 is 2.12 bits per heavy atom. The fourth-order valence-corrected chi connectivity index (χ4v) is 6.86. The molecule has 2 aliphatic carbocycles. The molecule has 3 aliphatic rings. The summed E-state index contributed by atoms with van der Waals surface area (Å²) in [5.41, 5.74) is 6.98. The van der Waals surface area contributed by atoms with E-state index in [-0.39, 0.29) is 17.5 Å². The van der Waals surface area contributed by atoms with Gasteiger partial charge < -0.3 is 14.4 Å². The van der Waals surface area contributed by atoms with Crippen molar-refractivity contribution in [2.45, 2.75) is 57.5 Å². The summed E-state index contributed by atoms with van der Waals surface area (Å²) in [5, 5.41) is 0. The Kier molecular flexibility index (Phi) is 8.11. The number of ketones is 2. The second-order valence-corrected chi connectivity index (χ2v) is 11.7. The van der Waals surface area contributed by atoms with E-state index in [1.54, 1.807) is 7.11 Å². The van der Waals surface area contributed by atoms with E-state index >= 15 is 0 Å². The number of halogens is 1. The van der Waals surface area contributed by atoms with Crippen molar-refractivity contribution >= 4 is 27.5 Å². The number of rotatable bonds is 8. The smallest absolute Gasteiger partial charge is 0.161 e. The number of hydrogen-bond acceptors (Lipinski definition) is 5. The lowest BCUT2D eigenvalue weighted by Gasteiger charge is -2.44. The molecule has 0 aromatic heterocycles. The lowest BCUT2D eigenvalue weighted by Crippen LogP contribution is -2.39. The molecular formula is C35H34BrNO4. The van der Waals surface area contributed by atoms with Crippen LogP contribution in [0.5, 0.6) is 11.5 Å². The highest BCUT2D eigenvalue weighted by Crippen LogP contribution is 2.50. The summed E-state index contributed by atoms with van der Waals surface area (Å²) >= 11 is 3.58. The molecule has 0 amide bonds. The molecule has 0 bridgehead atoms. The van der Waals surface area contributed by atoms with Crippen LogP contribution in [-0.2, 0) is 22.6 Å². The molecular weight excluding hydrogens is 578 g/mol. The van der Waals surface area contributed by atoms with Gasteiger partial charge in [0.1, 0.15) is 6.61 Å². The molecule has 0 unspecified atom stereocenters.